The molecule has 0 radical (unpaired) electrons. The predicted octanol–water partition coefficient (Wildman–Crippen LogP) is 0.936. The number of alkyl halides is 1. The smallest absolute Gasteiger partial charge is 0.202 e. The molecule has 0 aromatic rings. The highest BCUT2D eigenvalue weighted by atomic mass is 35.5. The first kappa shape index (κ1) is 11.4. The normalized spacial score (nSPS) is 13.9. The van der Waals surface area contributed by atoms with Crippen molar-refractivity contribution < 1.29 is 0 Å². The van der Waals surface area contributed by atoms with E-state index in [-0.39, 0.29) is 0 Å². The molecule has 0 aromatic heterocycles. The molecule has 0 saturated heterocycles. The highest BCUT2D eigenvalue weighted by molar-refractivity contribution is 6.62. The van der Waals surface area contributed by atoms with Gasteiger partial charge in [0, 0.05) is 5.50 Å². The van der Waals surface area contributed by atoms with Gasteiger partial charge in [-0.25, -0.2) is 0 Å². The lowest BCUT2D eigenvalue weighted by atomic mass is 10.7. The van der Waals surface area contributed by atoms with Gasteiger partial charge in [0.2, 0.25) is 9.12 Å². The van der Waals surface area contributed by atoms with E-state index in [2.05, 4.69) is 30.3 Å². The molecule has 0 aliphatic carbocycles. The largest absolute Gasteiger partial charge is 0.327 e. The summed E-state index contributed by atoms with van der Waals surface area (Å²) in [6.07, 6.45) is 0. The van der Waals surface area contributed by atoms with Crippen LogP contribution < -0.4 is 4.98 Å². The monoisotopic (exact) mass is 194 g/mol. The summed E-state index contributed by atoms with van der Waals surface area (Å²) in [5, 5.41) is 0. The van der Waals surface area contributed by atoms with Crippen molar-refractivity contribution in [1.29, 1.82) is 0 Å². The molecule has 4 heteroatoms. The second-order valence-corrected chi connectivity index (χ2v) is 5.85. The number of hydrogen-bond donors (Lipinski definition) is 1. The lowest BCUT2D eigenvalue weighted by Gasteiger charge is -2.26. The molecule has 0 spiro atoms. The Kier molecular flexibility index (Phi) is 7.37. The molecule has 1 unspecified atom stereocenters. The van der Waals surface area contributed by atoms with Gasteiger partial charge >= 0.3 is 0 Å². The molecule has 2 nitrogen and oxygen atoms in total. The van der Waals surface area contributed by atoms with Gasteiger partial charge in [-0.15, -0.1) is 11.6 Å². The molecule has 1 atom stereocenters. The van der Waals surface area contributed by atoms with E-state index in [0.29, 0.717) is 0 Å². The van der Waals surface area contributed by atoms with E-state index in [1.807, 2.05) is 0 Å². The van der Waals surface area contributed by atoms with Crippen molar-refractivity contribution in [2.75, 3.05) is 25.1 Å². The van der Waals surface area contributed by atoms with Crippen LogP contribution in [0.4, 0.5) is 0 Å². The Balaban J connectivity index is 3.76. The number of hydrogen-bond acceptors (Lipinski definition) is 2. The molecule has 0 aliphatic heterocycles. The van der Waals surface area contributed by atoms with E-state index in [9.17, 15) is 0 Å². The molecule has 0 aromatic carbocycles. The van der Waals surface area contributed by atoms with Crippen molar-refractivity contribution in [3.05, 3.63) is 0 Å². The van der Waals surface area contributed by atoms with E-state index in [0.717, 1.165) is 25.1 Å². The standard InChI is InChI=1S/C7H19ClN2Si/c1-4-9-11(7-8)10(5-2)6-3/h9,11H,4-7H2,1-3H3. The number of rotatable bonds is 6. The van der Waals surface area contributed by atoms with Crippen molar-refractivity contribution in [2.45, 2.75) is 20.8 Å². The maximum absolute atomic E-state index is 5.86. The van der Waals surface area contributed by atoms with Gasteiger partial charge in [0.05, 0.1) is 0 Å². The molecular formula is C7H19ClN2Si. The van der Waals surface area contributed by atoms with Crippen LogP contribution in [0.2, 0.25) is 0 Å². The average Bonchev–Trinajstić information content (AvgIpc) is 2.05. The number of nitrogens with one attached hydrogen (secondary N) is 1. The van der Waals surface area contributed by atoms with Crippen LogP contribution in [0.5, 0.6) is 0 Å². The van der Waals surface area contributed by atoms with E-state index in [4.69, 9.17) is 11.6 Å². The molecule has 0 saturated carbocycles. The SMILES string of the molecule is CCN[SiH](CCl)N(CC)CC. The van der Waals surface area contributed by atoms with Gasteiger partial charge in [0.25, 0.3) is 0 Å². The molecule has 0 amide bonds. The zero-order valence-corrected chi connectivity index (χ0v) is 9.64. The molecule has 0 aliphatic rings. The fraction of sp³-hybridized carbons (Fsp3) is 1.00. The zero-order valence-electron chi connectivity index (χ0n) is 7.73. The van der Waals surface area contributed by atoms with Gasteiger partial charge in [-0.3, -0.25) is 0 Å². The van der Waals surface area contributed by atoms with Gasteiger partial charge < -0.3 is 9.55 Å². The van der Waals surface area contributed by atoms with E-state index >= 15 is 0 Å². The Morgan fingerprint density at radius 2 is 1.82 bits per heavy atom. The zero-order chi connectivity index (χ0) is 8.69. The van der Waals surface area contributed by atoms with E-state index in [1.165, 1.54) is 0 Å². The van der Waals surface area contributed by atoms with Gasteiger partial charge in [-0.2, -0.15) is 0 Å². The van der Waals surface area contributed by atoms with Crippen LogP contribution in [0.1, 0.15) is 20.8 Å². The van der Waals surface area contributed by atoms with Crippen molar-refractivity contribution in [3.63, 3.8) is 0 Å². The minimum atomic E-state index is -0.979. The molecule has 0 bridgehead atoms. The van der Waals surface area contributed by atoms with Crippen molar-refractivity contribution in [2.24, 2.45) is 0 Å². The topological polar surface area (TPSA) is 15.3 Å². The number of halogens is 1. The fourth-order valence-corrected chi connectivity index (χ4v) is 4.01. The minimum Gasteiger partial charge on any atom is -0.327 e. The second-order valence-electron chi connectivity index (χ2n) is 2.45. The van der Waals surface area contributed by atoms with Crippen molar-refractivity contribution >= 4 is 20.7 Å². The van der Waals surface area contributed by atoms with Crippen LogP contribution in [-0.2, 0) is 0 Å². The summed E-state index contributed by atoms with van der Waals surface area (Å²) in [5.74, 6) is 0. The molecule has 0 heterocycles. The predicted molar refractivity (Wildman–Crippen MR) is 54.5 cm³/mol. The quantitative estimate of drug-likeness (QED) is 0.500. The van der Waals surface area contributed by atoms with Gasteiger partial charge in [-0.1, -0.05) is 20.8 Å². The summed E-state index contributed by atoms with van der Waals surface area (Å²) in [6.45, 7) is 9.79. The first-order valence-corrected chi connectivity index (χ1v) is 6.77. The van der Waals surface area contributed by atoms with E-state index in [1.54, 1.807) is 0 Å². The Morgan fingerprint density at radius 3 is 2.09 bits per heavy atom. The molecule has 68 valence electrons. The van der Waals surface area contributed by atoms with Crippen LogP contribution in [0, 0.1) is 0 Å². The Morgan fingerprint density at radius 1 is 1.27 bits per heavy atom. The van der Waals surface area contributed by atoms with Crippen LogP contribution >= 0.6 is 11.6 Å². The lowest BCUT2D eigenvalue weighted by molar-refractivity contribution is 0.470. The molecule has 0 fully saturated rings. The molecule has 1 N–H and O–H groups in total. The van der Waals surface area contributed by atoms with Crippen LogP contribution in [0.3, 0.4) is 0 Å². The van der Waals surface area contributed by atoms with Gasteiger partial charge in [-0.05, 0) is 19.6 Å². The third-order valence-corrected chi connectivity index (χ3v) is 5.50. The second kappa shape index (κ2) is 7.10. The van der Waals surface area contributed by atoms with Crippen molar-refractivity contribution in [1.82, 2.24) is 9.55 Å². The maximum atomic E-state index is 5.86. The third kappa shape index (κ3) is 4.11. The Hall–Kier alpha value is 0.427. The molecule has 0 rings (SSSR count). The molecular weight excluding hydrogens is 176 g/mol. The minimum absolute atomic E-state index is 0.801. The summed E-state index contributed by atoms with van der Waals surface area (Å²) >= 11 is 5.86. The number of nitrogens with zero attached hydrogens (tertiary/aromatic N) is 1. The van der Waals surface area contributed by atoms with Crippen LogP contribution in [-0.4, -0.2) is 38.8 Å². The lowest BCUT2D eigenvalue weighted by Crippen LogP contribution is -2.51. The third-order valence-electron chi connectivity index (χ3n) is 1.84. The summed E-state index contributed by atoms with van der Waals surface area (Å²) in [4.78, 5) is 3.47. The average molecular weight is 195 g/mol. The van der Waals surface area contributed by atoms with Crippen LogP contribution in [0.25, 0.3) is 0 Å². The first-order valence-electron chi connectivity index (χ1n) is 4.33. The summed E-state index contributed by atoms with van der Waals surface area (Å²) in [7, 11) is -0.979. The first-order chi connectivity index (χ1) is 5.29. The summed E-state index contributed by atoms with van der Waals surface area (Å²) < 4.78 is 2.45. The highest BCUT2D eigenvalue weighted by Crippen LogP contribution is 1.93. The van der Waals surface area contributed by atoms with Gasteiger partial charge in [0.15, 0.2) is 0 Å². The Bertz CT molecular complexity index is 88.5. The summed E-state index contributed by atoms with van der Waals surface area (Å²) in [5.41, 5.74) is 0.801. The van der Waals surface area contributed by atoms with Gasteiger partial charge in [0.1, 0.15) is 0 Å². The maximum Gasteiger partial charge on any atom is 0.202 e. The van der Waals surface area contributed by atoms with E-state index < -0.39 is 9.12 Å². The summed E-state index contributed by atoms with van der Waals surface area (Å²) in [6, 6.07) is 0. The molecule has 11 heavy (non-hydrogen) atoms. The Labute approximate surface area is 76.7 Å². The van der Waals surface area contributed by atoms with Crippen LogP contribution in [0.15, 0.2) is 0 Å². The highest BCUT2D eigenvalue weighted by Gasteiger charge is 2.14. The fourth-order valence-electron chi connectivity index (χ4n) is 1.18. The van der Waals surface area contributed by atoms with Crippen molar-refractivity contribution in [3.8, 4) is 0 Å².